The topological polar surface area (TPSA) is 52.0 Å². The molecule has 0 bridgehead atoms. The number of rotatable bonds is 1. The third kappa shape index (κ3) is 3.18. The van der Waals surface area contributed by atoms with E-state index < -0.39 is 0 Å². The van der Waals surface area contributed by atoms with Crippen molar-refractivity contribution in [1.82, 2.24) is 0 Å². The zero-order valence-corrected chi connectivity index (χ0v) is 7.14. The molecule has 0 spiro atoms. The molecule has 0 heterocycles. The summed E-state index contributed by atoms with van der Waals surface area (Å²) in [6.07, 6.45) is 3.58. The van der Waals surface area contributed by atoms with Crippen LogP contribution in [0.4, 0.5) is 0 Å². The maximum Gasteiger partial charge on any atom is 0.00420 e. The minimum atomic E-state index is 0.448. The van der Waals surface area contributed by atoms with Crippen molar-refractivity contribution in [3.8, 4) is 0 Å². The van der Waals surface area contributed by atoms with Gasteiger partial charge in [0.15, 0.2) is 0 Å². The van der Waals surface area contributed by atoms with Crippen LogP contribution in [0.3, 0.4) is 0 Å². The Bertz CT molecular complexity index is 73.7. The minimum Gasteiger partial charge on any atom is -0.330 e. The van der Waals surface area contributed by atoms with Crippen molar-refractivity contribution in [2.24, 2.45) is 17.4 Å². The lowest BCUT2D eigenvalue weighted by molar-refractivity contribution is 0.550. The van der Waals surface area contributed by atoms with Gasteiger partial charge in [-0.3, -0.25) is 0 Å². The molecule has 0 radical (unpaired) electrons. The first-order chi connectivity index (χ1) is 4.83. The van der Waals surface area contributed by atoms with Crippen LogP contribution in [0.15, 0.2) is 0 Å². The van der Waals surface area contributed by atoms with Gasteiger partial charge in [-0.05, 0) is 31.7 Å². The fourth-order valence-electron chi connectivity index (χ4n) is 1.33. The zero-order chi connectivity index (χ0) is 7.98. The third-order valence-electron chi connectivity index (χ3n) is 1.92. The van der Waals surface area contributed by atoms with Crippen LogP contribution in [0.2, 0.25) is 0 Å². The van der Waals surface area contributed by atoms with Crippen LogP contribution >= 0.6 is 0 Å². The molecular formula is C8H20N2. The van der Waals surface area contributed by atoms with Crippen molar-refractivity contribution >= 4 is 0 Å². The predicted molar refractivity (Wildman–Crippen MR) is 45.7 cm³/mol. The van der Waals surface area contributed by atoms with Gasteiger partial charge in [-0.15, -0.1) is 0 Å². The van der Waals surface area contributed by atoms with Crippen molar-refractivity contribution in [3.63, 3.8) is 0 Å². The highest BCUT2D eigenvalue weighted by atomic mass is 14.7. The molecule has 4 N–H and O–H groups in total. The van der Waals surface area contributed by atoms with E-state index >= 15 is 0 Å². The van der Waals surface area contributed by atoms with Crippen molar-refractivity contribution in [2.75, 3.05) is 6.54 Å². The molecule has 0 aromatic heterocycles. The van der Waals surface area contributed by atoms with Gasteiger partial charge in [0, 0.05) is 6.04 Å². The second-order valence-corrected chi connectivity index (χ2v) is 2.67. The molecule has 2 heteroatoms. The summed E-state index contributed by atoms with van der Waals surface area (Å²) in [6, 6.07) is 0.448. The maximum absolute atomic E-state index is 5.65. The predicted octanol–water partition coefficient (Wildman–Crippen LogP) is 1.10. The molecule has 0 aliphatic heterocycles. The summed E-state index contributed by atoms with van der Waals surface area (Å²) in [5.41, 5.74) is 11.1. The Morgan fingerprint density at radius 1 is 1.30 bits per heavy atom. The van der Waals surface area contributed by atoms with Gasteiger partial charge in [0.05, 0.1) is 0 Å². The highest BCUT2D eigenvalue weighted by Gasteiger charge is 2.19. The second kappa shape index (κ2) is 5.69. The highest BCUT2D eigenvalue weighted by Crippen LogP contribution is 2.22. The average molecular weight is 144 g/mol. The molecule has 1 aliphatic rings. The molecular weight excluding hydrogens is 124 g/mol. The van der Waals surface area contributed by atoms with Crippen molar-refractivity contribution in [3.05, 3.63) is 0 Å². The summed E-state index contributed by atoms with van der Waals surface area (Å²) in [5.74, 6) is 0.727. The van der Waals surface area contributed by atoms with Gasteiger partial charge < -0.3 is 11.5 Å². The van der Waals surface area contributed by atoms with Gasteiger partial charge in [0.2, 0.25) is 0 Å². The van der Waals surface area contributed by atoms with E-state index in [2.05, 4.69) is 0 Å². The summed E-state index contributed by atoms with van der Waals surface area (Å²) in [6.45, 7) is 4.83. The van der Waals surface area contributed by atoms with Gasteiger partial charge in [-0.1, -0.05) is 13.8 Å². The molecule has 2 unspecified atom stereocenters. The van der Waals surface area contributed by atoms with Crippen LogP contribution in [0.25, 0.3) is 0 Å². The number of hydrogen-bond acceptors (Lipinski definition) is 2. The summed E-state index contributed by atoms with van der Waals surface area (Å²) < 4.78 is 0. The van der Waals surface area contributed by atoms with E-state index in [1.807, 2.05) is 13.8 Å². The van der Waals surface area contributed by atoms with Crippen LogP contribution in [0.5, 0.6) is 0 Å². The quantitative estimate of drug-likeness (QED) is 0.579. The molecule has 1 fully saturated rings. The Balaban J connectivity index is 0.000000371. The van der Waals surface area contributed by atoms with E-state index in [4.69, 9.17) is 11.5 Å². The average Bonchev–Trinajstić information content (AvgIpc) is 2.40. The van der Waals surface area contributed by atoms with Gasteiger partial charge in [-0.2, -0.15) is 0 Å². The van der Waals surface area contributed by atoms with Crippen LogP contribution in [0, 0.1) is 5.92 Å². The molecule has 10 heavy (non-hydrogen) atoms. The minimum absolute atomic E-state index is 0.448. The summed E-state index contributed by atoms with van der Waals surface area (Å²) in [7, 11) is 0. The van der Waals surface area contributed by atoms with Gasteiger partial charge in [0.1, 0.15) is 0 Å². The third-order valence-corrected chi connectivity index (χ3v) is 1.92. The van der Waals surface area contributed by atoms with Gasteiger partial charge in [0.25, 0.3) is 0 Å². The van der Waals surface area contributed by atoms with E-state index in [0.717, 1.165) is 18.9 Å². The first-order valence-electron chi connectivity index (χ1n) is 4.28. The summed E-state index contributed by atoms with van der Waals surface area (Å²) >= 11 is 0. The number of nitrogens with two attached hydrogens (primary N) is 2. The van der Waals surface area contributed by atoms with Crippen LogP contribution in [0.1, 0.15) is 33.1 Å². The standard InChI is InChI=1S/C6H14N2.C2H6/c7-4-5-1-2-6(8)3-5;1-2/h5-6H,1-4,7-8H2;1-2H3. The molecule has 0 aromatic carbocycles. The van der Waals surface area contributed by atoms with E-state index in [1.165, 1.54) is 12.8 Å². The lowest BCUT2D eigenvalue weighted by Crippen LogP contribution is -2.17. The van der Waals surface area contributed by atoms with Crippen LogP contribution < -0.4 is 11.5 Å². The second-order valence-electron chi connectivity index (χ2n) is 2.67. The lowest BCUT2D eigenvalue weighted by Gasteiger charge is -2.02. The molecule has 2 nitrogen and oxygen atoms in total. The fourth-order valence-corrected chi connectivity index (χ4v) is 1.33. The SMILES string of the molecule is CC.NCC1CCC(N)C1. The highest BCUT2D eigenvalue weighted by molar-refractivity contribution is 4.77. The first-order valence-corrected chi connectivity index (χ1v) is 4.28. The number of hydrogen-bond donors (Lipinski definition) is 2. The monoisotopic (exact) mass is 144 g/mol. The van der Waals surface area contributed by atoms with E-state index in [1.54, 1.807) is 0 Å². The Morgan fingerprint density at radius 3 is 2.10 bits per heavy atom. The molecule has 0 saturated heterocycles. The summed E-state index contributed by atoms with van der Waals surface area (Å²) in [5, 5.41) is 0. The normalized spacial score (nSPS) is 31.2. The molecule has 2 atom stereocenters. The molecule has 1 saturated carbocycles. The van der Waals surface area contributed by atoms with Crippen molar-refractivity contribution < 1.29 is 0 Å². The molecule has 62 valence electrons. The Kier molecular flexibility index (Phi) is 5.64. The fraction of sp³-hybridized carbons (Fsp3) is 1.00. The van der Waals surface area contributed by atoms with E-state index in [0.29, 0.717) is 6.04 Å². The zero-order valence-electron chi connectivity index (χ0n) is 7.14. The van der Waals surface area contributed by atoms with Crippen LogP contribution in [-0.2, 0) is 0 Å². The maximum atomic E-state index is 5.65. The molecule has 0 aromatic rings. The lowest BCUT2D eigenvalue weighted by atomic mass is 10.1. The largest absolute Gasteiger partial charge is 0.330 e. The Labute approximate surface area is 64.0 Å². The van der Waals surface area contributed by atoms with Crippen molar-refractivity contribution in [2.45, 2.75) is 39.2 Å². The van der Waals surface area contributed by atoms with Gasteiger partial charge in [-0.25, -0.2) is 0 Å². The Hall–Kier alpha value is -0.0800. The molecule has 0 amide bonds. The van der Waals surface area contributed by atoms with Gasteiger partial charge >= 0.3 is 0 Å². The summed E-state index contributed by atoms with van der Waals surface area (Å²) in [4.78, 5) is 0. The first kappa shape index (κ1) is 9.92. The molecule has 1 aliphatic carbocycles. The Morgan fingerprint density at radius 2 is 1.90 bits per heavy atom. The molecule has 1 rings (SSSR count). The smallest absolute Gasteiger partial charge is 0.00420 e. The van der Waals surface area contributed by atoms with Crippen LogP contribution in [-0.4, -0.2) is 12.6 Å². The van der Waals surface area contributed by atoms with E-state index in [9.17, 15) is 0 Å². The van der Waals surface area contributed by atoms with Crippen molar-refractivity contribution in [1.29, 1.82) is 0 Å². The van der Waals surface area contributed by atoms with E-state index in [-0.39, 0.29) is 0 Å².